The molecule has 0 saturated heterocycles. The molecule has 0 spiro atoms. The summed E-state index contributed by atoms with van der Waals surface area (Å²) in [5, 5.41) is 5.42. The van der Waals surface area contributed by atoms with Crippen LogP contribution in [0.15, 0.2) is 21.4 Å². The van der Waals surface area contributed by atoms with Crippen LogP contribution in [0.1, 0.15) is 40.0 Å². The molecule has 1 amide bonds. The third-order valence-corrected chi connectivity index (χ3v) is 5.51. The van der Waals surface area contributed by atoms with E-state index in [0.717, 1.165) is 24.8 Å². The van der Waals surface area contributed by atoms with Crippen molar-refractivity contribution < 1.29 is 4.79 Å². The molecule has 1 N–H and O–H groups in total. The normalized spacial score (nSPS) is 11.3. The van der Waals surface area contributed by atoms with Crippen LogP contribution in [0.5, 0.6) is 0 Å². The van der Waals surface area contributed by atoms with E-state index in [0.29, 0.717) is 28.9 Å². The first-order valence-corrected chi connectivity index (χ1v) is 10.3. The number of carbonyl (C=O) groups is 1. The third kappa shape index (κ3) is 5.08. The number of carbonyl (C=O) groups excluding carboxylic acids is 1. The summed E-state index contributed by atoms with van der Waals surface area (Å²) in [5.74, 6) is 0.780. The van der Waals surface area contributed by atoms with Crippen molar-refractivity contribution in [1.29, 1.82) is 0 Å². The van der Waals surface area contributed by atoms with Crippen LogP contribution in [0.2, 0.25) is 0 Å². The molecule has 0 aromatic carbocycles. The molecular weight excluding hydrogens is 342 g/mol. The summed E-state index contributed by atoms with van der Waals surface area (Å²) in [6, 6.07) is 1.86. The molecule has 0 bridgehead atoms. The average molecular weight is 368 g/mol. The minimum Gasteiger partial charge on any atom is -0.355 e. The lowest BCUT2D eigenvalue weighted by Crippen LogP contribution is -2.27. The Morgan fingerprint density at radius 3 is 2.96 bits per heavy atom. The molecule has 5 nitrogen and oxygen atoms in total. The summed E-state index contributed by atoms with van der Waals surface area (Å²) in [5.41, 5.74) is 0.726. The molecule has 132 valence electrons. The lowest BCUT2D eigenvalue weighted by Gasteiger charge is -2.13. The van der Waals surface area contributed by atoms with Crippen molar-refractivity contribution in [2.75, 3.05) is 12.3 Å². The molecule has 24 heavy (non-hydrogen) atoms. The molecule has 0 aliphatic heterocycles. The van der Waals surface area contributed by atoms with E-state index in [1.165, 1.54) is 23.1 Å². The monoisotopic (exact) mass is 367 g/mol. The standard InChI is InChI=1S/C17H25N3O2S2/c1-4-5-8-18-14(21)11-24-17-19-13-7-10-23-15(13)16(22)20(17)9-6-12(2)3/h7,10,12H,4-6,8-9,11H2,1-3H3,(H,18,21). The van der Waals surface area contributed by atoms with E-state index in [9.17, 15) is 9.59 Å². The minimum atomic E-state index is -0.0106. The number of amides is 1. The van der Waals surface area contributed by atoms with Crippen LogP contribution in [-0.2, 0) is 11.3 Å². The number of hydrogen-bond acceptors (Lipinski definition) is 5. The Bertz CT molecular complexity index is 737. The minimum absolute atomic E-state index is 0.00420. The number of nitrogens with zero attached hydrogens (tertiary/aromatic N) is 2. The van der Waals surface area contributed by atoms with Crippen molar-refractivity contribution >= 4 is 39.2 Å². The summed E-state index contributed by atoms with van der Waals surface area (Å²) >= 11 is 2.77. The number of rotatable bonds is 9. The van der Waals surface area contributed by atoms with Gasteiger partial charge in [-0.15, -0.1) is 11.3 Å². The van der Waals surface area contributed by atoms with Gasteiger partial charge in [-0.05, 0) is 30.2 Å². The van der Waals surface area contributed by atoms with E-state index in [4.69, 9.17) is 0 Å². The highest BCUT2D eigenvalue weighted by Crippen LogP contribution is 2.21. The van der Waals surface area contributed by atoms with E-state index in [-0.39, 0.29) is 17.2 Å². The summed E-state index contributed by atoms with van der Waals surface area (Å²) in [4.78, 5) is 29.2. The molecule has 0 atom stereocenters. The fourth-order valence-corrected chi connectivity index (χ4v) is 3.84. The summed E-state index contributed by atoms with van der Waals surface area (Å²) < 4.78 is 2.42. The van der Waals surface area contributed by atoms with Gasteiger partial charge in [-0.1, -0.05) is 39.0 Å². The van der Waals surface area contributed by atoms with Gasteiger partial charge in [0.25, 0.3) is 5.56 Å². The van der Waals surface area contributed by atoms with E-state index in [2.05, 4.69) is 31.1 Å². The maximum atomic E-state index is 12.7. The third-order valence-electron chi connectivity index (χ3n) is 3.65. The summed E-state index contributed by atoms with van der Waals surface area (Å²) in [7, 11) is 0. The highest BCUT2D eigenvalue weighted by Gasteiger charge is 2.14. The predicted molar refractivity (Wildman–Crippen MR) is 102 cm³/mol. The summed E-state index contributed by atoms with van der Waals surface area (Å²) in [6.45, 7) is 7.70. The van der Waals surface area contributed by atoms with Gasteiger partial charge in [0, 0.05) is 13.1 Å². The van der Waals surface area contributed by atoms with Crippen molar-refractivity contribution in [2.24, 2.45) is 5.92 Å². The van der Waals surface area contributed by atoms with E-state index >= 15 is 0 Å². The van der Waals surface area contributed by atoms with Gasteiger partial charge in [0.1, 0.15) is 4.70 Å². The second kappa shape index (κ2) is 9.22. The first kappa shape index (κ1) is 19.0. The quantitative estimate of drug-likeness (QED) is 0.418. The van der Waals surface area contributed by atoms with Crippen LogP contribution in [-0.4, -0.2) is 27.8 Å². The Balaban J connectivity index is 2.15. The van der Waals surface area contributed by atoms with Crippen LogP contribution in [0.3, 0.4) is 0 Å². The second-order valence-corrected chi connectivity index (χ2v) is 8.02. The van der Waals surface area contributed by atoms with Gasteiger partial charge in [0.05, 0.1) is 11.3 Å². The molecule has 0 aliphatic carbocycles. The SMILES string of the molecule is CCCCNC(=O)CSc1nc2ccsc2c(=O)n1CCC(C)C. The van der Waals surface area contributed by atoms with Crippen LogP contribution in [0.25, 0.3) is 10.2 Å². The number of hydrogen-bond donors (Lipinski definition) is 1. The molecule has 0 unspecified atom stereocenters. The zero-order valence-corrected chi connectivity index (χ0v) is 16.1. The highest BCUT2D eigenvalue weighted by atomic mass is 32.2. The molecule has 0 aliphatic rings. The van der Waals surface area contributed by atoms with Gasteiger partial charge in [-0.25, -0.2) is 4.98 Å². The van der Waals surface area contributed by atoms with Crippen molar-refractivity contribution in [2.45, 2.75) is 51.7 Å². The maximum Gasteiger partial charge on any atom is 0.272 e. The number of thioether (sulfide) groups is 1. The predicted octanol–water partition coefficient (Wildman–Crippen LogP) is 3.51. The first-order valence-electron chi connectivity index (χ1n) is 8.40. The highest BCUT2D eigenvalue weighted by molar-refractivity contribution is 7.99. The first-order chi connectivity index (χ1) is 11.5. The van der Waals surface area contributed by atoms with Gasteiger partial charge < -0.3 is 5.32 Å². The molecule has 7 heteroatoms. The van der Waals surface area contributed by atoms with E-state index in [1.54, 1.807) is 4.57 Å². The Hall–Kier alpha value is -1.34. The average Bonchev–Trinajstić information content (AvgIpc) is 3.01. The Kier molecular flexibility index (Phi) is 7.30. The molecular formula is C17H25N3O2S2. The lowest BCUT2D eigenvalue weighted by molar-refractivity contribution is -0.118. The van der Waals surface area contributed by atoms with Crippen molar-refractivity contribution in [3.05, 3.63) is 21.8 Å². The van der Waals surface area contributed by atoms with E-state index in [1.807, 2.05) is 11.4 Å². The van der Waals surface area contributed by atoms with Crippen LogP contribution >= 0.6 is 23.1 Å². The molecule has 2 heterocycles. The Morgan fingerprint density at radius 1 is 1.46 bits per heavy atom. The molecule has 0 saturated carbocycles. The smallest absolute Gasteiger partial charge is 0.272 e. The van der Waals surface area contributed by atoms with Gasteiger partial charge in [-0.3, -0.25) is 14.2 Å². The fourth-order valence-electron chi connectivity index (χ4n) is 2.20. The summed E-state index contributed by atoms with van der Waals surface area (Å²) in [6.07, 6.45) is 2.95. The lowest BCUT2D eigenvalue weighted by atomic mass is 10.1. The molecule has 2 aromatic heterocycles. The Labute approximate surface area is 150 Å². The molecule has 2 rings (SSSR count). The van der Waals surface area contributed by atoms with Crippen LogP contribution in [0.4, 0.5) is 0 Å². The number of thiophene rings is 1. The number of aromatic nitrogens is 2. The molecule has 0 radical (unpaired) electrons. The van der Waals surface area contributed by atoms with Gasteiger partial charge in [0.2, 0.25) is 5.91 Å². The van der Waals surface area contributed by atoms with Crippen molar-refractivity contribution in [3.63, 3.8) is 0 Å². The maximum absolute atomic E-state index is 12.7. The number of unbranched alkanes of at least 4 members (excludes halogenated alkanes) is 1. The molecule has 0 fully saturated rings. The second-order valence-electron chi connectivity index (χ2n) is 6.16. The van der Waals surface area contributed by atoms with Gasteiger partial charge >= 0.3 is 0 Å². The van der Waals surface area contributed by atoms with Crippen molar-refractivity contribution in [1.82, 2.24) is 14.9 Å². The number of nitrogens with one attached hydrogen (secondary N) is 1. The molecule has 2 aromatic rings. The van der Waals surface area contributed by atoms with Gasteiger partial charge in [-0.2, -0.15) is 0 Å². The Morgan fingerprint density at radius 2 is 2.25 bits per heavy atom. The zero-order valence-electron chi connectivity index (χ0n) is 14.5. The number of fused-ring (bicyclic) bond motifs is 1. The largest absolute Gasteiger partial charge is 0.355 e. The fraction of sp³-hybridized carbons (Fsp3) is 0.588. The van der Waals surface area contributed by atoms with Gasteiger partial charge in [0.15, 0.2) is 5.16 Å². The van der Waals surface area contributed by atoms with E-state index < -0.39 is 0 Å². The topological polar surface area (TPSA) is 64.0 Å². The van der Waals surface area contributed by atoms with Crippen molar-refractivity contribution in [3.8, 4) is 0 Å². The van der Waals surface area contributed by atoms with Crippen LogP contribution in [0, 0.1) is 5.92 Å². The van der Waals surface area contributed by atoms with Crippen LogP contribution < -0.4 is 10.9 Å². The zero-order chi connectivity index (χ0) is 17.5.